The highest BCUT2D eigenvalue weighted by molar-refractivity contribution is 4.93. The third-order valence-electron chi connectivity index (χ3n) is 3.85. The lowest BCUT2D eigenvalue weighted by atomic mass is 9.98. The molecule has 2 rings (SSSR count). The molecule has 1 aromatic rings. The molecule has 0 aliphatic heterocycles. The third kappa shape index (κ3) is 2.46. The minimum atomic E-state index is 0.613. The number of aromatic nitrogens is 2. The van der Waals surface area contributed by atoms with Gasteiger partial charge in [0.25, 0.3) is 0 Å². The summed E-state index contributed by atoms with van der Waals surface area (Å²) in [6.45, 7) is 3.24. The Morgan fingerprint density at radius 3 is 2.88 bits per heavy atom. The summed E-state index contributed by atoms with van der Waals surface area (Å²) in [6, 6.07) is 0.613. The minimum Gasteiger partial charge on any atom is -0.333 e. The number of hydrogen-bond donors (Lipinski definition) is 1. The molecule has 1 aliphatic rings. The predicted octanol–water partition coefficient (Wildman–Crippen LogP) is 2.22. The highest BCUT2D eigenvalue weighted by Gasteiger charge is 2.24. The van der Waals surface area contributed by atoms with Crippen molar-refractivity contribution in [3.8, 4) is 0 Å². The second-order valence-corrected chi connectivity index (χ2v) is 4.79. The van der Waals surface area contributed by atoms with Crippen LogP contribution in [0.15, 0.2) is 12.4 Å². The molecule has 3 nitrogen and oxygen atoms in total. The maximum Gasteiger partial charge on any atom is 0.108 e. The van der Waals surface area contributed by atoms with Gasteiger partial charge in [-0.05, 0) is 25.8 Å². The van der Waals surface area contributed by atoms with Crippen molar-refractivity contribution in [3.05, 3.63) is 18.2 Å². The summed E-state index contributed by atoms with van der Waals surface area (Å²) in [7, 11) is 2.09. The summed E-state index contributed by atoms with van der Waals surface area (Å²) in [4.78, 5) is 4.38. The zero-order valence-corrected chi connectivity index (χ0v) is 10.4. The second-order valence-electron chi connectivity index (χ2n) is 4.79. The van der Waals surface area contributed by atoms with Crippen LogP contribution in [0.25, 0.3) is 0 Å². The van der Waals surface area contributed by atoms with Crippen molar-refractivity contribution in [2.24, 2.45) is 5.92 Å². The molecule has 0 radical (unpaired) electrons. The first-order valence-electron chi connectivity index (χ1n) is 6.52. The van der Waals surface area contributed by atoms with Crippen LogP contribution < -0.4 is 5.32 Å². The molecule has 1 fully saturated rings. The molecular weight excluding hydrogens is 198 g/mol. The highest BCUT2D eigenvalue weighted by Crippen LogP contribution is 2.28. The first kappa shape index (κ1) is 11.6. The number of aryl methyl sites for hydroxylation is 1. The van der Waals surface area contributed by atoms with Crippen molar-refractivity contribution in [2.45, 2.75) is 51.6 Å². The molecule has 1 aromatic heterocycles. The molecule has 1 heterocycles. The predicted molar refractivity (Wildman–Crippen MR) is 66.4 cm³/mol. The topological polar surface area (TPSA) is 29.9 Å². The van der Waals surface area contributed by atoms with Crippen molar-refractivity contribution >= 4 is 0 Å². The summed E-state index contributed by atoms with van der Waals surface area (Å²) < 4.78 is 2.31. The van der Waals surface area contributed by atoms with Crippen molar-refractivity contribution in [1.82, 2.24) is 14.9 Å². The fraction of sp³-hybridized carbons (Fsp3) is 0.769. The van der Waals surface area contributed by atoms with E-state index in [-0.39, 0.29) is 0 Å². The average molecular weight is 221 g/mol. The van der Waals surface area contributed by atoms with E-state index in [2.05, 4.69) is 35.0 Å². The Morgan fingerprint density at radius 1 is 1.50 bits per heavy atom. The van der Waals surface area contributed by atoms with Crippen molar-refractivity contribution < 1.29 is 0 Å². The largest absolute Gasteiger partial charge is 0.333 e. The number of hydrogen-bond acceptors (Lipinski definition) is 2. The average Bonchev–Trinajstić information content (AvgIpc) is 2.96. The molecule has 0 amide bonds. The van der Waals surface area contributed by atoms with Gasteiger partial charge in [-0.15, -0.1) is 0 Å². The Balaban J connectivity index is 2.00. The van der Waals surface area contributed by atoms with E-state index in [1.165, 1.54) is 31.5 Å². The minimum absolute atomic E-state index is 0.613. The molecule has 0 spiro atoms. The molecule has 1 aliphatic carbocycles. The highest BCUT2D eigenvalue weighted by atomic mass is 15.1. The lowest BCUT2D eigenvalue weighted by Crippen LogP contribution is -2.36. The van der Waals surface area contributed by atoms with E-state index in [4.69, 9.17) is 0 Å². The first-order valence-corrected chi connectivity index (χ1v) is 6.52. The van der Waals surface area contributed by atoms with Gasteiger partial charge in [-0.25, -0.2) is 4.98 Å². The van der Waals surface area contributed by atoms with Gasteiger partial charge in [0.2, 0.25) is 0 Å². The fourth-order valence-electron chi connectivity index (χ4n) is 2.87. The summed E-state index contributed by atoms with van der Waals surface area (Å²) in [5.41, 5.74) is 0. The maximum atomic E-state index is 4.38. The molecule has 1 unspecified atom stereocenters. The lowest BCUT2D eigenvalue weighted by Gasteiger charge is -2.24. The van der Waals surface area contributed by atoms with E-state index in [0.29, 0.717) is 6.04 Å². The second kappa shape index (κ2) is 5.48. The molecule has 0 aromatic carbocycles. The molecule has 0 bridgehead atoms. The summed E-state index contributed by atoms with van der Waals surface area (Å²) in [5.74, 6) is 2.07. The Labute approximate surface area is 98.3 Å². The number of nitrogens with zero attached hydrogens (tertiary/aromatic N) is 2. The van der Waals surface area contributed by atoms with E-state index in [9.17, 15) is 0 Å². The quantitative estimate of drug-likeness (QED) is 0.826. The van der Waals surface area contributed by atoms with Crippen LogP contribution in [0.5, 0.6) is 0 Å². The van der Waals surface area contributed by atoms with Crippen LogP contribution in [-0.2, 0) is 13.0 Å². The smallest absolute Gasteiger partial charge is 0.108 e. The van der Waals surface area contributed by atoms with E-state index < -0.39 is 0 Å². The van der Waals surface area contributed by atoms with Gasteiger partial charge in [-0.1, -0.05) is 19.8 Å². The van der Waals surface area contributed by atoms with Crippen molar-refractivity contribution in [3.63, 3.8) is 0 Å². The molecule has 1 atom stereocenters. The van der Waals surface area contributed by atoms with E-state index in [1.54, 1.807) is 0 Å². The Bertz CT molecular complexity index is 313. The first-order chi connectivity index (χ1) is 7.85. The van der Waals surface area contributed by atoms with Gasteiger partial charge in [0, 0.05) is 31.4 Å². The van der Waals surface area contributed by atoms with Crippen LogP contribution in [0.4, 0.5) is 0 Å². The molecule has 1 N–H and O–H groups in total. The molecular formula is C13H23N3. The number of rotatable bonds is 5. The van der Waals surface area contributed by atoms with E-state index in [1.807, 2.05) is 6.20 Å². The van der Waals surface area contributed by atoms with Gasteiger partial charge in [0.05, 0.1) is 0 Å². The van der Waals surface area contributed by atoms with Crippen LogP contribution in [-0.4, -0.2) is 22.6 Å². The van der Waals surface area contributed by atoms with Gasteiger partial charge in [-0.2, -0.15) is 0 Å². The SMILES string of the molecule is CCc1nccn1CC(NC)C1CCCC1. The monoisotopic (exact) mass is 221 g/mol. The summed E-state index contributed by atoms with van der Waals surface area (Å²) in [5, 5.41) is 3.48. The van der Waals surface area contributed by atoms with Gasteiger partial charge < -0.3 is 9.88 Å². The molecule has 3 heteroatoms. The van der Waals surface area contributed by atoms with Gasteiger partial charge in [-0.3, -0.25) is 0 Å². The number of likely N-dealkylation sites (N-methyl/N-ethyl adjacent to an activating group) is 1. The Kier molecular flexibility index (Phi) is 3.99. The van der Waals surface area contributed by atoms with Crippen LogP contribution in [0, 0.1) is 5.92 Å². The zero-order chi connectivity index (χ0) is 11.4. The standard InChI is InChI=1S/C13H23N3/c1-3-13-15-8-9-16(13)10-12(14-2)11-6-4-5-7-11/h8-9,11-12,14H,3-7,10H2,1-2H3. The fourth-order valence-corrected chi connectivity index (χ4v) is 2.87. The zero-order valence-electron chi connectivity index (χ0n) is 10.4. The van der Waals surface area contributed by atoms with Crippen LogP contribution in [0.2, 0.25) is 0 Å². The van der Waals surface area contributed by atoms with E-state index >= 15 is 0 Å². The Morgan fingerprint density at radius 2 is 2.25 bits per heavy atom. The van der Waals surface area contributed by atoms with Crippen LogP contribution >= 0.6 is 0 Å². The lowest BCUT2D eigenvalue weighted by molar-refractivity contribution is 0.337. The normalized spacial score (nSPS) is 19.1. The number of imidazole rings is 1. The van der Waals surface area contributed by atoms with Gasteiger partial charge in [0.1, 0.15) is 5.82 Å². The van der Waals surface area contributed by atoms with Crippen LogP contribution in [0.1, 0.15) is 38.4 Å². The van der Waals surface area contributed by atoms with Crippen LogP contribution in [0.3, 0.4) is 0 Å². The molecule has 16 heavy (non-hydrogen) atoms. The molecule has 90 valence electrons. The summed E-state index contributed by atoms with van der Waals surface area (Å²) >= 11 is 0. The molecule has 0 saturated heterocycles. The maximum absolute atomic E-state index is 4.38. The Hall–Kier alpha value is -0.830. The van der Waals surface area contributed by atoms with E-state index in [0.717, 1.165) is 18.9 Å². The summed E-state index contributed by atoms with van der Waals surface area (Å²) in [6.07, 6.45) is 10.6. The van der Waals surface area contributed by atoms with Crippen molar-refractivity contribution in [2.75, 3.05) is 7.05 Å². The third-order valence-corrected chi connectivity index (χ3v) is 3.85. The molecule has 1 saturated carbocycles. The van der Waals surface area contributed by atoms with Crippen molar-refractivity contribution in [1.29, 1.82) is 0 Å². The van der Waals surface area contributed by atoms with Gasteiger partial charge >= 0.3 is 0 Å². The number of nitrogens with one attached hydrogen (secondary N) is 1. The van der Waals surface area contributed by atoms with Gasteiger partial charge in [0.15, 0.2) is 0 Å².